The van der Waals surface area contributed by atoms with E-state index in [1.54, 1.807) is 6.92 Å². The maximum absolute atomic E-state index is 10.7. The molecule has 0 unspecified atom stereocenters. The molecule has 1 rings (SSSR count). The Hall–Kier alpha value is -0.570. The minimum absolute atomic E-state index is 0.0301. The van der Waals surface area contributed by atoms with Gasteiger partial charge >= 0.3 is 0 Å². The van der Waals surface area contributed by atoms with Crippen molar-refractivity contribution in [2.24, 2.45) is 5.73 Å². The molecular formula is C5H10N2O. The van der Waals surface area contributed by atoms with E-state index in [2.05, 4.69) is 5.32 Å². The molecule has 1 fully saturated rings. The quantitative estimate of drug-likeness (QED) is 0.434. The zero-order valence-electron chi connectivity index (χ0n) is 4.90. The summed E-state index contributed by atoms with van der Waals surface area (Å²) >= 11 is 0. The Morgan fingerprint density at radius 2 is 2.50 bits per heavy atom. The summed E-state index contributed by atoms with van der Waals surface area (Å²) in [5, 5.41) is 2.65. The number of hydrogen-bond acceptors (Lipinski definition) is 2. The molecule has 0 aromatic rings. The Kier molecular flexibility index (Phi) is 1.01. The van der Waals surface area contributed by atoms with E-state index in [4.69, 9.17) is 5.73 Å². The molecule has 46 valence electrons. The lowest BCUT2D eigenvalue weighted by Gasteiger charge is -2.10. The molecule has 0 aromatic carbocycles. The molecule has 8 heavy (non-hydrogen) atoms. The SMILES string of the molecule is C[C@@]1(N)CCNC1=O. The topological polar surface area (TPSA) is 55.1 Å². The van der Waals surface area contributed by atoms with E-state index < -0.39 is 5.54 Å². The molecule has 0 spiro atoms. The highest BCUT2D eigenvalue weighted by molar-refractivity contribution is 5.87. The Bertz CT molecular complexity index is 120. The van der Waals surface area contributed by atoms with E-state index in [-0.39, 0.29) is 5.91 Å². The van der Waals surface area contributed by atoms with Crippen LogP contribution in [-0.4, -0.2) is 18.0 Å². The fourth-order valence-electron chi connectivity index (χ4n) is 0.751. The maximum Gasteiger partial charge on any atom is 0.239 e. The van der Waals surface area contributed by atoms with Crippen molar-refractivity contribution in [3.63, 3.8) is 0 Å². The second-order valence-corrected chi connectivity index (χ2v) is 2.42. The second kappa shape index (κ2) is 1.45. The number of rotatable bonds is 0. The van der Waals surface area contributed by atoms with Crippen LogP contribution in [0.1, 0.15) is 13.3 Å². The molecule has 3 nitrogen and oxygen atoms in total. The molecule has 1 saturated heterocycles. The lowest BCUT2D eigenvalue weighted by Crippen LogP contribution is -2.43. The number of nitrogens with two attached hydrogens (primary N) is 1. The molecule has 3 N–H and O–H groups in total. The third-order valence-electron chi connectivity index (χ3n) is 1.45. The summed E-state index contributed by atoms with van der Waals surface area (Å²) in [5.74, 6) is -0.0301. The van der Waals surface area contributed by atoms with Gasteiger partial charge in [0.2, 0.25) is 5.91 Å². The number of nitrogens with one attached hydrogen (secondary N) is 1. The van der Waals surface area contributed by atoms with Crippen LogP contribution >= 0.6 is 0 Å². The molecule has 0 aromatic heterocycles. The summed E-state index contributed by atoms with van der Waals surface area (Å²) in [7, 11) is 0. The van der Waals surface area contributed by atoms with Crippen molar-refractivity contribution in [3.05, 3.63) is 0 Å². The standard InChI is InChI=1S/C5H10N2O/c1-5(6)2-3-7-4(5)8/h2-3,6H2,1H3,(H,7,8)/t5-/m1/s1. The number of carbonyl (C=O) groups excluding carboxylic acids is 1. The molecule has 0 radical (unpaired) electrons. The summed E-state index contributed by atoms with van der Waals surface area (Å²) in [4.78, 5) is 10.7. The first-order chi connectivity index (χ1) is 3.63. The molecule has 0 saturated carbocycles. The Morgan fingerprint density at radius 3 is 2.62 bits per heavy atom. The predicted octanol–water partition coefficient (Wildman–Crippen LogP) is -0.776. The van der Waals surface area contributed by atoms with Crippen LogP contribution in [0.15, 0.2) is 0 Å². The summed E-state index contributed by atoms with van der Waals surface area (Å²) in [6, 6.07) is 0. The van der Waals surface area contributed by atoms with Crippen LogP contribution in [0, 0.1) is 0 Å². The Balaban J connectivity index is 2.68. The third kappa shape index (κ3) is 0.690. The highest BCUT2D eigenvalue weighted by Gasteiger charge is 2.32. The van der Waals surface area contributed by atoms with E-state index in [9.17, 15) is 4.79 Å². The normalized spacial score (nSPS) is 37.5. The van der Waals surface area contributed by atoms with Gasteiger partial charge in [0.05, 0.1) is 5.54 Å². The van der Waals surface area contributed by atoms with E-state index in [0.29, 0.717) is 0 Å². The average Bonchev–Trinajstić information content (AvgIpc) is 1.86. The van der Waals surface area contributed by atoms with Gasteiger partial charge in [0.1, 0.15) is 0 Å². The average molecular weight is 114 g/mol. The van der Waals surface area contributed by atoms with Crippen LogP contribution in [0.5, 0.6) is 0 Å². The van der Waals surface area contributed by atoms with Gasteiger partial charge in [-0.3, -0.25) is 4.79 Å². The van der Waals surface area contributed by atoms with Gasteiger partial charge in [0.15, 0.2) is 0 Å². The highest BCUT2D eigenvalue weighted by atomic mass is 16.2. The third-order valence-corrected chi connectivity index (χ3v) is 1.45. The van der Waals surface area contributed by atoms with Gasteiger partial charge in [0, 0.05) is 6.54 Å². The summed E-state index contributed by atoms with van der Waals surface area (Å²) in [6.07, 6.45) is 0.756. The van der Waals surface area contributed by atoms with Crippen molar-refractivity contribution in [2.75, 3.05) is 6.54 Å². The molecule has 1 heterocycles. The van der Waals surface area contributed by atoms with Gasteiger partial charge in [0.25, 0.3) is 0 Å². The minimum Gasteiger partial charge on any atom is -0.354 e. The van der Waals surface area contributed by atoms with Crippen LogP contribution in [0.3, 0.4) is 0 Å². The molecule has 1 aliphatic heterocycles. The Morgan fingerprint density at radius 1 is 1.88 bits per heavy atom. The van der Waals surface area contributed by atoms with E-state index >= 15 is 0 Å². The van der Waals surface area contributed by atoms with Crippen molar-refractivity contribution < 1.29 is 4.79 Å². The summed E-state index contributed by atoms with van der Waals surface area (Å²) < 4.78 is 0. The molecule has 1 amide bonds. The van der Waals surface area contributed by atoms with Gasteiger partial charge in [-0.1, -0.05) is 0 Å². The number of hydrogen-bond donors (Lipinski definition) is 2. The molecular weight excluding hydrogens is 104 g/mol. The van der Waals surface area contributed by atoms with Crippen LogP contribution in [0.2, 0.25) is 0 Å². The fraction of sp³-hybridized carbons (Fsp3) is 0.800. The second-order valence-electron chi connectivity index (χ2n) is 2.42. The van der Waals surface area contributed by atoms with Gasteiger partial charge in [-0.05, 0) is 13.3 Å². The zero-order valence-corrected chi connectivity index (χ0v) is 4.90. The van der Waals surface area contributed by atoms with E-state index in [0.717, 1.165) is 13.0 Å². The monoisotopic (exact) mass is 114 g/mol. The first-order valence-electron chi connectivity index (χ1n) is 2.70. The van der Waals surface area contributed by atoms with Crippen molar-refractivity contribution in [1.82, 2.24) is 5.32 Å². The number of amides is 1. The summed E-state index contributed by atoms with van der Waals surface area (Å²) in [5.41, 5.74) is 4.91. The van der Waals surface area contributed by atoms with Crippen LogP contribution in [0.4, 0.5) is 0 Å². The van der Waals surface area contributed by atoms with Gasteiger partial charge in [-0.25, -0.2) is 0 Å². The van der Waals surface area contributed by atoms with Crippen LogP contribution < -0.4 is 11.1 Å². The van der Waals surface area contributed by atoms with Crippen molar-refractivity contribution in [2.45, 2.75) is 18.9 Å². The molecule has 1 aliphatic rings. The molecule has 3 heteroatoms. The van der Waals surface area contributed by atoms with Gasteiger partial charge in [-0.2, -0.15) is 0 Å². The first-order valence-corrected chi connectivity index (χ1v) is 2.70. The maximum atomic E-state index is 10.7. The lowest BCUT2D eigenvalue weighted by molar-refractivity contribution is -0.123. The summed E-state index contributed by atoms with van der Waals surface area (Å²) in [6.45, 7) is 2.47. The zero-order chi connectivity index (χ0) is 6.20. The predicted molar refractivity (Wildman–Crippen MR) is 30.2 cm³/mol. The molecule has 1 atom stereocenters. The van der Waals surface area contributed by atoms with Crippen molar-refractivity contribution in [1.29, 1.82) is 0 Å². The van der Waals surface area contributed by atoms with Gasteiger partial charge < -0.3 is 11.1 Å². The van der Waals surface area contributed by atoms with E-state index in [1.165, 1.54) is 0 Å². The minimum atomic E-state index is -0.597. The lowest BCUT2D eigenvalue weighted by atomic mass is 10.0. The largest absolute Gasteiger partial charge is 0.354 e. The highest BCUT2D eigenvalue weighted by Crippen LogP contribution is 2.09. The smallest absolute Gasteiger partial charge is 0.239 e. The first kappa shape index (κ1) is 5.56. The molecule has 0 bridgehead atoms. The number of carbonyl (C=O) groups is 1. The van der Waals surface area contributed by atoms with Crippen molar-refractivity contribution in [3.8, 4) is 0 Å². The Labute approximate surface area is 48.2 Å². The van der Waals surface area contributed by atoms with Crippen LogP contribution in [-0.2, 0) is 4.79 Å². The van der Waals surface area contributed by atoms with Crippen LogP contribution in [0.25, 0.3) is 0 Å². The fourth-order valence-corrected chi connectivity index (χ4v) is 0.751. The van der Waals surface area contributed by atoms with Gasteiger partial charge in [-0.15, -0.1) is 0 Å². The van der Waals surface area contributed by atoms with E-state index in [1.807, 2.05) is 0 Å². The van der Waals surface area contributed by atoms with Crippen molar-refractivity contribution >= 4 is 5.91 Å². The molecule has 0 aliphatic carbocycles.